The summed E-state index contributed by atoms with van der Waals surface area (Å²) in [6.07, 6.45) is 6.32. The van der Waals surface area contributed by atoms with Crippen molar-refractivity contribution < 1.29 is 0 Å². The lowest BCUT2D eigenvalue weighted by Gasteiger charge is -2.26. The van der Waals surface area contributed by atoms with Gasteiger partial charge in [-0.25, -0.2) is 0 Å². The molecule has 132 valence electrons. The maximum Gasteiger partial charge on any atom is 0.251 e. The standard InChI is InChI=1S/C22H23N3O/c26-21-14-17(18-8-3-6-16-7-4-13-25(21)22(16)18)15-24-12-5-10-20(24)19-9-1-2-11-23-19/h1-3,6,8-9,11,14,20H,4-5,7,10,12-13,15H2/t20-/m1/s1. The van der Waals surface area contributed by atoms with Crippen LogP contribution in [0.3, 0.4) is 0 Å². The summed E-state index contributed by atoms with van der Waals surface area (Å²) in [7, 11) is 0. The molecule has 0 amide bonds. The monoisotopic (exact) mass is 345 g/mol. The van der Waals surface area contributed by atoms with Crippen LogP contribution in [0.2, 0.25) is 0 Å². The minimum absolute atomic E-state index is 0.147. The Balaban J connectivity index is 1.56. The first-order valence-corrected chi connectivity index (χ1v) is 9.60. The molecule has 4 heteroatoms. The van der Waals surface area contributed by atoms with Crippen molar-refractivity contribution in [3.8, 4) is 0 Å². The molecule has 0 saturated carbocycles. The summed E-state index contributed by atoms with van der Waals surface area (Å²) in [5.74, 6) is 0. The molecule has 0 unspecified atom stereocenters. The summed E-state index contributed by atoms with van der Waals surface area (Å²) >= 11 is 0. The zero-order chi connectivity index (χ0) is 17.5. The molecular formula is C22H23N3O. The van der Waals surface area contributed by atoms with E-state index in [1.54, 1.807) is 0 Å². The van der Waals surface area contributed by atoms with Gasteiger partial charge < -0.3 is 4.57 Å². The van der Waals surface area contributed by atoms with E-state index in [0.29, 0.717) is 6.04 Å². The second-order valence-corrected chi connectivity index (χ2v) is 7.46. The molecule has 2 aromatic heterocycles. The first-order chi connectivity index (χ1) is 12.8. The van der Waals surface area contributed by atoms with Gasteiger partial charge in [-0.2, -0.15) is 0 Å². The predicted octanol–water partition coefficient (Wildman–Crippen LogP) is 3.68. The van der Waals surface area contributed by atoms with Gasteiger partial charge in [0.25, 0.3) is 5.56 Å². The van der Waals surface area contributed by atoms with E-state index in [2.05, 4.69) is 40.2 Å². The van der Waals surface area contributed by atoms with E-state index in [0.717, 1.165) is 55.7 Å². The zero-order valence-electron chi connectivity index (χ0n) is 14.9. The van der Waals surface area contributed by atoms with Gasteiger partial charge in [0.2, 0.25) is 0 Å². The minimum Gasteiger partial charge on any atom is -0.308 e. The lowest BCUT2D eigenvalue weighted by molar-refractivity contribution is 0.245. The highest BCUT2D eigenvalue weighted by Crippen LogP contribution is 2.33. The molecular weight excluding hydrogens is 322 g/mol. The van der Waals surface area contributed by atoms with E-state index in [1.807, 2.05) is 22.9 Å². The smallest absolute Gasteiger partial charge is 0.251 e. The van der Waals surface area contributed by atoms with E-state index in [1.165, 1.54) is 17.4 Å². The van der Waals surface area contributed by atoms with Gasteiger partial charge in [-0.05, 0) is 55.5 Å². The Morgan fingerprint density at radius 2 is 2.04 bits per heavy atom. The minimum atomic E-state index is 0.147. The predicted molar refractivity (Wildman–Crippen MR) is 103 cm³/mol. The molecule has 1 fully saturated rings. The van der Waals surface area contributed by atoms with Gasteiger partial charge >= 0.3 is 0 Å². The van der Waals surface area contributed by atoms with Crippen LogP contribution in [-0.4, -0.2) is 21.0 Å². The fraction of sp³-hybridized carbons (Fsp3) is 0.364. The van der Waals surface area contributed by atoms with Gasteiger partial charge in [0.1, 0.15) is 0 Å². The summed E-state index contributed by atoms with van der Waals surface area (Å²) in [6, 6.07) is 14.9. The highest BCUT2D eigenvalue weighted by Gasteiger charge is 2.28. The molecule has 0 N–H and O–H groups in total. The molecule has 0 spiro atoms. The molecule has 0 bridgehead atoms. The van der Waals surface area contributed by atoms with Crippen molar-refractivity contribution in [1.82, 2.24) is 14.5 Å². The third-order valence-electron chi connectivity index (χ3n) is 5.89. The Kier molecular flexibility index (Phi) is 3.86. The molecule has 0 radical (unpaired) electrons. The van der Waals surface area contributed by atoms with Crippen LogP contribution in [-0.2, 0) is 19.5 Å². The molecule has 2 aliphatic rings. The summed E-state index contributed by atoms with van der Waals surface area (Å²) in [4.78, 5) is 19.8. The molecule has 1 aromatic carbocycles. The number of likely N-dealkylation sites (tertiary alicyclic amines) is 1. The van der Waals surface area contributed by atoms with Crippen LogP contribution in [0.15, 0.2) is 53.5 Å². The number of nitrogens with zero attached hydrogens (tertiary/aromatic N) is 3. The topological polar surface area (TPSA) is 38.1 Å². The number of pyridine rings is 2. The molecule has 4 heterocycles. The lowest BCUT2D eigenvalue weighted by atomic mass is 9.98. The molecule has 4 nitrogen and oxygen atoms in total. The van der Waals surface area contributed by atoms with Crippen LogP contribution in [0.5, 0.6) is 0 Å². The summed E-state index contributed by atoms with van der Waals surface area (Å²) in [6.45, 7) is 2.72. The Morgan fingerprint density at radius 1 is 1.08 bits per heavy atom. The lowest BCUT2D eigenvalue weighted by Crippen LogP contribution is -2.28. The Bertz CT molecular complexity index is 1010. The molecule has 1 atom stereocenters. The summed E-state index contributed by atoms with van der Waals surface area (Å²) in [5.41, 5.74) is 4.93. The van der Waals surface area contributed by atoms with Gasteiger partial charge in [-0.1, -0.05) is 24.3 Å². The maximum atomic E-state index is 12.7. The van der Waals surface area contributed by atoms with Crippen LogP contribution in [0.4, 0.5) is 0 Å². The van der Waals surface area contributed by atoms with Crippen molar-refractivity contribution in [1.29, 1.82) is 0 Å². The Morgan fingerprint density at radius 3 is 2.92 bits per heavy atom. The molecule has 5 rings (SSSR count). The molecule has 3 aromatic rings. The van der Waals surface area contributed by atoms with Gasteiger partial charge in [0, 0.05) is 30.7 Å². The molecule has 1 saturated heterocycles. The fourth-order valence-electron chi connectivity index (χ4n) is 4.71. The third-order valence-corrected chi connectivity index (χ3v) is 5.89. The average molecular weight is 345 g/mol. The van der Waals surface area contributed by atoms with Crippen molar-refractivity contribution in [2.45, 2.75) is 44.8 Å². The Hall–Kier alpha value is -2.46. The maximum absolute atomic E-state index is 12.7. The van der Waals surface area contributed by atoms with Gasteiger partial charge in [-0.15, -0.1) is 0 Å². The van der Waals surface area contributed by atoms with Crippen LogP contribution in [0.1, 0.15) is 42.1 Å². The van der Waals surface area contributed by atoms with E-state index in [4.69, 9.17) is 0 Å². The van der Waals surface area contributed by atoms with E-state index in [9.17, 15) is 4.79 Å². The van der Waals surface area contributed by atoms with Crippen molar-refractivity contribution >= 4 is 10.9 Å². The first-order valence-electron chi connectivity index (χ1n) is 9.60. The fourth-order valence-corrected chi connectivity index (χ4v) is 4.71. The van der Waals surface area contributed by atoms with E-state index >= 15 is 0 Å². The van der Waals surface area contributed by atoms with Crippen LogP contribution < -0.4 is 5.56 Å². The number of aryl methyl sites for hydroxylation is 2. The third kappa shape index (κ3) is 2.56. The van der Waals surface area contributed by atoms with Crippen LogP contribution >= 0.6 is 0 Å². The normalized spacial score (nSPS) is 19.9. The van der Waals surface area contributed by atoms with Crippen LogP contribution in [0, 0.1) is 0 Å². The largest absolute Gasteiger partial charge is 0.308 e. The highest BCUT2D eigenvalue weighted by atomic mass is 16.1. The summed E-state index contributed by atoms with van der Waals surface area (Å²) < 4.78 is 1.97. The van der Waals surface area contributed by atoms with E-state index < -0.39 is 0 Å². The summed E-state index contributed by atoms with van der Waals surface area (Å²) in [5, 5.41) is 1.24. The van der Waals surface area contributed by atoms with Crippen molar-refractivity contribution in [2.75, 3.05) is 6.54 Å². The van der Waals surface area contributed by atoms with Gasteiger partial charge in [-0.3, -0.25) is 14.7 Å². The van der Waals surface area contributed by atoms with Crippen molar-refractivity contribution in [3.63, 3.8) is 0 Å². The van der Waals surface area contributed by atoms with E-state index in [-0.39, 0.29) is 5.56 Å². The number of para-hydroxylation sites is 1. The van der Waals surface area contributed by atoms with Gasteiger partial charge in [0.05, 0.1) is 17.3 Å². The van der Waals surface area contributed by atoms with Crippen molar-refractivity contribution in [3.05, 3.63) is 75.8 Å². The number of hydrogen-bond acceptors (Lipinski definition) is 3. The SMILES string of the molecule is O=c1cc(CN2CCC[C@@H]2c2ccccn2)c2cccc3c2n1CCC3. The molecule has 26 heavy (non-hydrogen) atoms. The number of aromatic nitrogens is 2. The van der Waals surface area contributed by atoms with Crippen LogP contribution in [0.25, 0.3) is 10.9 Å². The molecule has 2 aliphatic heterocycles. The highest BCUT2D eigenvalue weighted by molar-refractivity contribution is 5.86. The first kappa shape index (κ1) is 15.8. The zero-order valence-corrected chi connectivity index (χ0v) is 14.9. The van der Waals surface area contributed by atoms with Crippen molar-refractivity contribution in [2.24, 2.45) is 0 Å². The second kappa shape index (κ2) is 6.36. The number of benzene rings is 1. The number of hydrogen-bond donors (Lipinski definition) is 0. The quantitative estimate of drug-likeness (QED) is 0.727. The Labute approximate surface area is 153 Å². The second-order valence-electron chi connectivity index (χ2n) is 7.46. The molecule has 0 aliphatic carbocycles. The van der Waals surface area contributed by atoms with Gasteiger partial charge in [0.15, 0.2) is 0 Å². The average Bonchev–Trinajstić information content (AvgIpc) is 3.14. The number of rotatable bonds is 3.